The predicted molar refractivity (Wildman–Crippen MR) is 383 cm³/mol. The minimum Gasteiger partial charge on any atom is -0.480 e. The van der Waals surface area contributed by atoms with Crippen LogP contribution in [0.1, 0.15) is 151 Å². The molecule has 4 saturated heterocycles. The normalized spacial score (nSPS) is 30.5. The lowest BCUT2D eigenvalue weighted by molar-refractivity contribution is -0.143. The maximum absolute atomic E-state index is 13.2. The molecule has 4 aromatic rings. The lowest BCUT2D eigenvalue weighted by atomic mass is 9.67. The van der Waals surface area contributed by atoms with Gasteiger partial charge in [0.2, 0.25) is 0 Å². The molecule has 4 heterocycles. The number of carboxylic acids is 2. The van der Waals surface area contributed by atoms with E-state index in [0.29, 0.717) is 45.6 Å². The zero-order valence-corrected chi connectivity index (χ0v) is 60.5. The highest BCUT2D eigenvalue weighted by Crippen LogP contribution is 2.52. The van der Waals surface area contributed by atoms with Gasteiger partial charge >= 0.3 is 42.0 Å². The van der Waals surface area contributed by atoms with Crippen molar-refractivity contribution >= 4 is 42.0 Å². The Bertz CT molecular complexity index is 3470. The van der Waals surface area contributed by atoms with Gasteiger partial charge in [-0.25, -0.2) is 19.2 Å². The van der Waals surface area contributed by atoms with Crippen LogP contribution in [0, 0.1) is 0 Å². The van der Waals surface area contributed by atoms with Crippen molar-refractivity contribution in [3.63, 3.8) is 0 Å². The largest absolute Gasteiger partial charge is 0.480 e. The smallest absolute Gasteiger partial charge is 0.325 e. The Kier molecular flexibility index (Phi) is 22.7. The molecule has 544 valence electrons. The number of benzene rings is 4. The topological polar surface area (TPSA) is 263 Å². The lowest BCUT2D eigenvalue weighted by Gasteiger charge is -2.52. The molecule has 0 atom stereocenters. The molecule has 5 aliphatic carbocycles. The number of hydrogen-bond donors (Lipinski definition) is 7. The number of hydrogen-bond acceptors (Lipinski definition) is 13. The van der Waals surface area contributed by atoms with Gasteiger partial charge in [0.05, 0.1) is 40.9 Å². The molecule has 0 aromatic heterocycles. The van der Waals surface area contributed by atoms with Gasteiger partial charge in [-0.05, 0) is 208 Å². The monoisotopic (exact) mass is 1380 g/mol. The average Bonchev–Trinajstić information content (AvgIpc) is 1.52. The second-order valence-electron chi connectivity index (χ2n) is 31.0. The first-order valence-corrected chi connectivity index (χ1v) is 36.0. The molecule has 8 amide bonds. The second-order valence-corrected chi connectivity index (χ2v) is 31.0. The molecule has 23 heteroatoms. The summed E-state index contributed by atoms with van der Waals surface area (Å²) in [5.74, 6) is -2.31. The van der Waals surface area contributed by atoms with Crippen molar-refractivity contribution in [3.8, 4) is 0 Å². The maximum Gasteiger partial charge on any atom is 0.325 e. The summed E-state index contributed by atoms with van der Waals surface area (Å²) in [6, 6.07) is 41.7. The fraction of sp³-hybridized carbons (Fsp3) is 0.597. The summed E-state index contributed by atoms with van der Waals surface area (Å²) in [6.45, 7) is 4.17. The minimum atomic E-state index is -0.995. The van der Waals surface area contributed by atoms with E-state index < -0.39 is 23.1 Å². The zero-order chi connectivity index (χ0) is 71.9. The van der Waals surface area contributed by atoms with Crippen molar-refractivity contribution in [3.05, 3.63) is 144 Å². The molecule has 9 fully saturated rings. The van der Waals surface area contributed by atoms with Crippen molar-refractivity contribution in [1.29, 1.82) is 0 Å². The van der Waals surface area contributed by atoms with Gasteiger partial charge in [-0.2, -0.15) is 0 Å². The number of rotatable bonds is 17. The van der Waals surface area contributed by atoms with E-state index in [9.17, 15) is 43.8 Å². The van der Waals surface area contributed by atoms with Gasteiger partial charge in [-0.15, -0.1) is 0 Å². The summed E-state index contributed by atoms with van der Waals surface area (Å²) in [5.41, 5.74) is 3.47. The Morgan fingerprint density at radius 1 is 0.440 bits per heavy atom. The number of esters is 1. The van der Waals surface area contributed by atoms with Gasteiger partial charge < -0.3 is 60.9 Å². The third-order valence-electron chi connectivity index (χ3n) is 24.6. The Morgan fingerprint density at radius 3 is 1.09 bits per heavy atom. The Labute approximate surface area is 591 Å². The van der Waals surface area contributed by atoms with E-state index in [1.54, 1.807) is 11.8 Å². The number of ether oxygens (including phenoxy) is 1. The van der Waals surface area contributed by atoms with Crippen molar-refractivity contribution in [1.82, 2.24) is 60.5 Å². The molecular formula is C77H110N12O11. The highest BCUT2D eigenvalue weighted by molar-refractivity contribution is 5.85. The number of amides is 8. The molecule has 9 aliphatic rings. The van der Waals surface area contributed by atoms with Crippen LogP contribution in [0.25, 0.3) is 0 Å². The van der Waals surface area contributed by atoms with Crippen molar-refractivity contribution < 1.29 is 53.6 Å². The predicted octanol–water partition coefficient (Wildman–Crippen LogP) is 8.77. The molecule has 0 unspecified atom stereocenters. The Balaban J connectivity index is 0.000000145. The number of carboxylic acid groups (broad SMARTS) is 2. The van der Waals surface area contributed by atoms with Gasteiger partial charge in [-0.1, -0.05) is 121 Å². The molecule has 4 spiro atoms. The van der Waals surface area contributed by atoms with E-state index in [1.165, 1.54) is 32.1 Å². The summed E-state index contributed by atoms with van der Waals surface area (Å²) in [6.07, 6.45) is 17.2. The summed E-state index contributed by atoms with van der Waals surface area (Å²) in [7, 11) is 17.0. The number of carbonyl (C=O) groups excluding carboxylic acids is 5. The van der Waals surface area contributed by atoms with E-state index in [4.69, 9.17) is 9.84 Å². The standard InChI is InChI=1S/C23H33N3O4.C20H29N3O3.C18H25N3O3.C16H23N3O/c1-24(2)23(18-7-4-3-5-8-18)13-11-21(12-14-23)16-25(15-19(27)28)20(29)26(21)17-22(30)9-6-10-22;1-4-26-17(24)14-23-15-19(21-18(23)25)10-12-20(13-11-19,22(2)3)16-8-6-5-7-9-16;1-20(2)18(14-6-4-3-5-7-14)10-8-17(9-11-18)13-21(12-15(22)23)16(24)19-17;1-19(2)16(13-6-4-3-5-7-13)10-8-15(9-11-16)12-17-14(20)18-15/h3-5,7-8,30H,6,9-17H2,1-2H3,(H,27,28);5-9H,4,10-15H2,1-3H3,(H,21,25);3-7H,8-13H2,1-2H3,(H,19,24)(H,22,23);3-7H,8-12H2,1-2H3,(H2,17,18,20). The third-order valence-corrected chi connectivity index (χ3v) is 24.6. The van der Waals surface area contributed by atoms with Crippen LogP contribution >= 0.6 is 0 Å². The Morgan fingerprint density at radius 2 is 0.780 bits per heavy atom. The van der Waals surface area contributed by atoms with Crippen molar-refractivity contribution in [2.45, 2.75) is 179 Å². The number of aliphatic hydroxyl groups is 1. The molecule has 0 radical (unpaired) electrons. The molecule has 23 nitrogen and oxygen atoms in total. The van der Waals surface area contributed by atoms with Gasteiger partial charge in [0.15, 0.2) is 0 Å². The van der Waals surface area contributed by atoms with Crippen molar-refractivity contribution in [2.75, 3.05) is 115 Å². The maximum atomic E-state index is 13.2. The van der Waals surface area contributed by atoms with Gasteiger partial charge in [0, 0.05) is 48.3 Å². The highest BCUT2D eigenvalue weighted by Gasteiger charge is 2.58. The second kappa shape index (κ2) is 30.4. The fourth-order valence-electron chi connectivity index (χ4n) is 18.2. The molecule has 4 aliphatic heterocycles. The zero-order valence-electron chi connectivity index (χ0n) is 60.5. The van der Waals surface area contributed by atoms with Crippen LogP contribution < -0.4 is 21.3 Å². The quantitative estimate of drug-likeness (QED) is 0.0487. The van der Waals surface area contributed by atoms with E-state index in [-0.39, 0.29) is 88.5 Å². The first-order valence-electron chi connectivity index (χ1n) is 36.0. The number of urea groups is 4. The van der Waals surface area contributed by atoms with Gasteiger partial charge in [0.1, 0.15) is 19.6 Å². The first kappa shape index (κ1) is 74.8. The molecule has 100 heavy (non-hydrogen) atoms. The first-order chi connectivity index (χ1) is 47.5. The summed E-state index contributed by atoms with van der Waals surface area (Å²) >= 11 is 0. The summed E-state index contributed by atoms with van der Waals surface area (Å²) < 4.78 is 4.98. The summed E-state index contributed by atoms with van der Waals surface area (Å²) in [5, 5.41) is 41.3. The molecule has 5 saturated carbocycles. The number of β-amino-alcohol motifs (C(OH)–C–C–N with tert-alkyl or cyclic N) is 1. The molecule has 13 rings (SSSR count). The lowest BCUT2D eigenvalue weighted by Crippen LogP contribution is -2.59. The van der Waals surface area contributed by atoms with Crippen LogP contribution in [0.4, 0.5) is 19.2 Å². The van der Waals surface area contributed by atoms with Crippen LogP contribution in [0.15, 0.2) is 121 Å². The van der Waals surface area contributed by atoms with Crippen LogP contribution in [-0.2, 0) is 41.3 Å². The number of nitrogens with zero attached hydrogens (tertiary/aromatic N) is 8. The number of nitrogens with one attached hydrogen (secondary N) is 4. The van der Waals surface area contributed by atoms with Crippen LogP contribution in [0.2, 0.25) is 0 Å². The minimum absolute atomic E-state index is 0.00814. The number of carbonyl (C=O) groups is 7. The van der Waals surface area contributed by atoms with Crippen LogP contribution in [0.3, 0.4) is 0 Å². The van der Waals surface area contributed by atoms with Crippen LogP contribution in [-0.4, -0.2) is 240 Å². The van der Waals surface area contributed by atoms with E-state index in [0.717, 1.165) is 116 Å². The average molecular weight is 1380 g/mol. The molecule has 7 N–H and O–H groups in total. The summed E-state index contributed by atoms with van der Waals surface area (Å²) in [4.78, 5) is 98.5. The SMILES string of the molecule is CCOC(=O)CN1CC2(CCC(c3ccccc3)(N(C)C)CC2)NC1=O.CN(C)C1(c2ccccc2)CCC2(CC1)CN(CC(=O)O)C(=O)N2.CN(C)C1(c2ccccc2)CCC2(CC1)CN(CC(=O)O)C(=O)N2CC1(O)CCC1.CN(C)C1(c2ccccc2)CCC2(CC1)CNC(=O)N2. The van der Waals surface area contributed by atoms with Crippen LogP contribution in [0.5, 0.6) is 0 Å². The van der Waals surface area contributed by atoms with Gasteiger partial charge in [-0.3, -0.25) is 34.0 Å². The number of aliphatic carboxylic acids is 2. The molecule has 4 aromatic carbocycles. The fourth-order valence-corrected chi connectivity index (χ4v) is 18.2. The Hall–Kier alpha value is -7.83. The van der Waals surface area contributed by atoms with Crippen molar-refractivity contribution in [2.24, 2.45) is 0 Å². The molecule has 0 bridgehead atoms. The molecular weight excluding hydrogens is 1270 g/mol. The van der Waals surface area contributed by atoms with Gasteiger partial charge in [0.25, 0.3) is 0 Å². The van der Waals surface area contributed by atoms with E-state index in [1.807, 2.05) is 23.1 Å². The van der Waals surface area contributed by atoms with E-state index >= 15 is 0 Å². The third kappa shape index (κ3) is 15.6. The highest BCUT2D eigenvalue weighted by atomic mass is 16.5. The van der Waals surface area contributed by atoms with E-state index in [2.05, 4.69) is 200 Å².